The van der Waals surface area contributed by atoms with E-state index in [1.165, 1.54) is 17.8 Å². The van der Waals surface area contributed by atoms with Crippen LogP contribution in [0.1, 0.15) is 6.92 Å². The first kappa shape index (κ1) is 13.9. The number of nitrogens with one attached hydrogen (secondary N) is 1. The van der Waals surface area contributed by atoms with Crippen molar-refractivity contribution in [1.29, 1.82) is 0 Å². The van der Waals surface area contributed by atoms with Crippen LogP contribution >= 0.6 is 0 Å². The molecule has 1 saturated heterocycles. The van der Waals surface area contributed by atoms with Gasteiger partial charge in [0.2, 0.25) is 5.95 Å². The third-order valence-electron chi connectivity index (χ3n) is 3.67. The zero-order chi connectivity index (χ0) is 15.4. The van der Waals surface area contributed by atoms with E-state index in [1.807, 2.05) is 0 Å². The summed E-state index contributed by atoms with van der Waals surface area (Å²) in [5, 5.41) is 18.9. The number of nitrogen functional groups attached to an aromatic ring is 1. The van der Waals surface area contributed by atoms with Gasteiger partial charge in [-0.15, -0.1) is 0 Å². The number of imidazole rings is 1. The average Bonchev–Trinajstić information content (AvgIpc) is 2.95. The van der Waals surface area contributed by atoms with Gasteiger partial charge in [0.15, 0.2) is 23.1 Å². The maximum absolute atomic E-state index is 14.4. The molecule has 0 bridgehead atoms. The largest absolute Gasteiger partial charge is 0.394 e. The number of H-pyrrole nitrogens is 1. The summed E-state index contributed by atoms with van der Waals surface area (Å²) in [5.41, 5.74) is 3.27. The fraction of sp³-hybridized carbons (Fsp3) is 0.545. The lowest BCUT2D eigenvalue weighted by atomic mass is 10.1. The number of nitrogens with two attached hydrogens (primary N) is 1. The van der Waals surface area contributed by atoms with Crippen molar-refractivity contribution in [1.82, 2.24) is 19.5 Å². The van der Waals surface area contributed by atoms with E-state index in [1.54, 1.807) is 0 Å². The number of aromatic nitrogens is 4. The number of halogens is 1. The molecule has 0 spiro atoms. The molecular formula is C11H14FN5O4. The molecule has 2 aromatic rings. The van der Waals surface area contributed by atoms with E-state index in [0.29, 0.717) is 0 Å². The first-order valence-corrected chi connectivity index (χ1v) is 6.22. The number of hydrogen-bond donors (Lipinski definition) is 4. The van der Waals surface area contributed by atoms with Gasteiger partial charge in [0.05, 0.1) is 12.9 Å². The van der Waals surface area contributed by atoms with Gasteiger partial charge >= 0.3 is 0 Å². The van der Waals surface area contributed by atoms with Gasteiger partial charge in [-0.05, 0) is 6.92 Å². The number of aliphatic hydroxyl groups excluding tert-OH is 2. The highest BCUT2D eigenvalue weighted by atomic mass is 19.1. The molecule has 4 unspecified atom stereocenters. The van der Waals surface area contributed by atoms with Crippen LogP contribution in [0.25, 0.3) is 11.2 Å². The van der Waals surface area contributed by atoms with E-state index >= 15 is 0 Å². The molecule has 1 aliphatic heterocycles. The zero-order valence-electron chi connectivity index (χ0n) is 11.0. The molecule has 3 rings (SSSR count). The number of anilines is 1. The minimum absolute atomic E-state index is 0.0248. The van der Waals surface area contributed by atoms with Crippen molar-refractivity contribution < 1.29 is 19.3 Å². The van der Waals surface area contributed by atoms with E-state index in [4.69, 9.17) is 15.6 Å². The van der Waals surface area contributed by atoms with Crippen LogP contribution in [0.2, 0.25) is 0 Å². The molecule has 0 aliphatic carbocycles. The Labute approximate surface area is 117 Å². The van der Waals surface area contributed by atoms with Gasteiger partial charge in [0.1, 0.15) is 12.2 Å². The van der Waals surface area contributed by atoms with Gasteiger partial charge in [-0.2, -0.15) is 4.98 Å². The Morgan fingerprint density at radius 2 is 2.38 bits per heavy atom. The topological polar surface area (TPSA) is 139 Å². The van der Waals surface area contributed by atoms with Crippen LogP contribution in [0, 0.1) is 0 Å². The summed E-state index contributed by atoms with van der Waals surface area (Å²) >= 11 is 0. The molecule has 0 saturated carbocycles. The molecule has 1 aliphatic rings. The lowest BCUT2D eigenvalue weighted by Gasteiger charge is -2.28. The first-order valence-electron chi connectivity index (χ1n) is 6.22. The Morgan fingerprint density at radius 3 is 3.00 bits per heavy atom. The van der Waals surface area contributed by atoms with Crippen LogP contribution in [-0.2, 0) is 10.5 Å². The predicted molar refractivity (Wildman–Crippen MR) is 69.1 cm³/mol. The first-order chi connectivity index (χ1) is 9.88. The Balaban J connectivity index is 2.19. The summed E-state index contributed by atoms with van der Waals surface area (Å²) in [6.45, 7) is 0.830. The number of hydrogen-bond acceptors (Lipinski definition) is 7. The van der Waals surface area contributed by atoms with E-state index < -0.39 is 36.3 Å². The summed E-state index contributed by atoms with van der Waals surface area (Å²) in [6, 6.07) is 0. The molecule has 1 fully saturated rings. The Morgan fingerprint density at radius 1 is 1.67 bits per heavy atom. The minimum Gasteiger partial charge on any atom is -0.394 e. The summed E-state index contributed by atoms with van der Waals surface area (Å²) in [5.74, 6) is -0.148. The fourth-order valence-corrected chi connectivity index (χ4v) is 2.53. The van der Waals surface area contributed by atoms with Crippen LogP contribution in [0.5, 0.6) is 0 Å². The lowest BCUT2D eigenvalue weighted by molar-refractivity contribution is -0.118. The number of alkyl halides is 1. The zero-order valence-corrected chi connectivity index (χ0v) is 11.0. The molecule has 10 heteroatoms. The van der Waals surface area contributed by atoms with Crippen molar-refractivity contribution in [2.45, 2.75) is 31.0 Å². The number of aromatic amines is 1. The molecule has 114 valence electrons. The highest BCUT2D eigenvalue weighted by Gasteiger charge is 2.54. The molecule has 0 amide bonds. The van der Waals surface area contributed by atoms with Crippen molar-refractivity contribution in [2.24, 2.45) is 0 Å². The molecule has 4 atom stereocenters. The van der Waals surface area contributed by atoms with E-state index in [-0.39, 0.29) is 17.1 Å². The lowest BCUT2D eigenvalue weighted by Crippen LogP contribution is -2.40. The SMILES string of the molecule is CC1(n2cnc3c(=O)[nH]c(N)nc32)OC(CO)C(O)C1F. The number of fused-ring (bicyclic) bond motifs is 1. The third-order valence-corrected chi connectivity index (χ3v) is 3.67. The maximum Gasteiger partial charge on any atom is 0.280 e. The molecular weight excluding hydrogens is 285 g/mol. The fourth-order valence-electron chi connectivity index (χ4n) is 2.53. The standard InChI is InChI=1S/C11H14FN5O4/c1-11(7(12)6(19)4(2-18)21-11)17-3-14-5-8(17)15-10(13)16-9(5)20/h3-4,6-7,18-19H,2H2,1H3,(H3,13,15,16,20). The number of nitrogens with zero attached hydrogens (tertiary/aromatic N) is 3. The molecule has 5 N–H and O–H groups in total. The van der Waals surface area contributed by atoms with E-state index in [2.05, 4.69) is 15.0 Å². The molecule has 0 radical (unpaired) electrons. The van der Waals surface area contributed by atoms with E-state index in [9.17, 15) is 14.3 Å². The van der Waals surface area contributed by atoms with Crippen molar-refractivity contribution in [3.63, 3.8) is 0 Å². The van der Waals surface area contributed by atoms with Crippen LogP contribution in [-0.4, -0.2) is 54.7 Å². The number of aliphatic hydroxyl groups is 2. The van der Waals surface area contributed by atoms with Gasteiger partial charge in [0, 0.05) is 0 Å². The molecule has 0 aromatic carbocycles. The second kappa shape index (κ2) is 4.48. The van der Waals surface area contributed by atoms with Crippen LogP contribution in [0.3, 0.4) is 0 Å². The predicted octanol–water partition coefficient (Wildman–Crippen LogP) is -1.54. The molecule has 2 aromatic heterocycles. The Hall–Kier alpha value is -2.04. The van der Waals surface area contributed by atoms with Crippen molar-refractivity contribution in [3.05, 3.63) is 16.7 Å². The van der Waals surface area contributed by atoms with Gasteiger partial charge in [-0.3, -0.25) is 14.3 Å². The van der Waals surface area contributed by atoms with Crippen molar-refractivity contribution in [3.8, 4) is 0 Å². The number of ether oxygens (including phenoxy) is 1. The second-order valence-corrected chi connectivity index (χ2v) is 5.02. The molecule has 21 heavy (non-hydrogen) atoms. The van der Waals surface area contributed by atoms with Crippen LogP contribution < -0.4 is 11.3 Å². The summed E-state index contributed by atoms with van der Waals surface area (Å²) in [4.78, 5) is 21.8. The highest BCUT2D eigenvalue weighted by molar-refractivity contribution is 5.70. The summed E-state index contributed by atoms with van der Waals surface area (Å²) in [6.07, 6.45) is -3.24. The van der Waals surface area contributed by atoms with Crippen molar-refractivity contribution >= 4 is 17.1 Å². The average molecular weight is 299 g/mol. The summed E-state index contributed by atoms with van der Waals surface area (Å²) < 4.78 is 21.0. The highest BCUT2D eigenvalue weighted by Crippen LogP contribution is 2.38. The van der Waals surface area contributed by atoms with Crippen LogP contribution in [0.4, 0.5) is 10.3 Å². The monoisotopic (exact) mass is 299 g/mol. The third kappa shape index (κ3) is 1.83. The van der Waals surface area contributed by atoms with Gasteiger partial charge in [0.25, 0.3) is 5.56 Å². The number of rotatable bonds is 2. The normalized spacial score (nSPS) is 32.9. The molecule has 9 nitrogen and oxygen atoms in total. The second-order valence-electron chi connectivity index (χ2n) is 5.02. The Kier molecular flexibility index (Phi) is 2.97. The quantitative estimate of drug-likeness (QED) is 0.527. The van der Waals surface area contributed by atoms with Gasteiger partial charge in [-0.25, -0.2) is 9.37 Å². The molecule has 3 heterocycles. The smallest absolute Gasteiger partial charge is 0.280 e. The van der Waals surface area contributed by atoms with Gasteiger partial charge < -0.3 is 20.7 Å². The Bertz CT molecular complexity index is 746. The summed E-state index contributed by atoms with van der Waals surface area (Å²) in [7, 11) is 0. The van der Waals surface area contributed by atoms with Crippen LogP contribution in [0.15, 0.2) is 11.1 Å². The minimum atomic E-state index is -1.84. The maximum atomic E-state index is 14.4. The van der Waals surface area contributed by atoms with Crippen molar-refractivity contribution in [2.75, 3.05) is 12.3 Å². The van der Waals surface area contributed by atoms with Gasteiger partial charge in [-0.1, -0.05) is 0 Å². The van der Waals surface area contributed by atoms with E-state index in [0.717, 1.165) is 0 Å².